The van der Waals surface area contributed by atoms with Crippen LogP contribution in [0.3, 0.4) is 0 Å². The van der Waals surface area contributed by atoms with Gasteiger partial charge in [0.2, 0.25) is 5.91 Å². The van der Waals surface area contributed by atoms with Gasteiger partial charge in [-0.1, -0.05) is 0 Å². The molecule has 0 unspecified atom stereocenters. The summed E-state index contributed by atoms with van der Waals surface area (Å²) in [7, 11) is 2.85. The van der Waals surface area contributed by atoms with E-state index in [2.05, 4.69) is 10.1 Å². The molecule has 2 amide bonds. The molecule has 6 nitrogen and oxygen atoms in total. The minimum Gasteiger partial charge on any atom is -0.467 e. The molecular weight excluding hydrogens is 292 g/mol. The fourth-order valence-electron chi connectivity index (χ4n) is 1.66. The van der Waals surface area contributed by atoms with Crippen molar-refractivity contribution >= 4 is 29.1 Å². The molecule has 1 aromatic heterocycles. The fraction of sp³-hybridized carbons (Fsp3) is 0.500. The molecule has 116 valence electrons. The maximum Gasteiger partial charge on any atom is 0.328 e. The number of carbonyl (C=O) groups excluding carboxylic acids is 3. The van der Waals surface area contributed by atoms with E-state index in [0.717, 1.165) is 0 Å². The highest BCUT2D eigenvalue weighted by Gasteiger charge is 2.22. The van der Waals surface area contributed by atoms with Gasteiger partial charge in [-0.2, -0.15) is 11.3 Å². The first-order chi connectivity index (χ1) is 9.97. The van der Waals surface area contributed by atoms with Gasteiger partial charge in [0.1, 0.15) is 6.04 Å². The van der Waals surface area contributed by atoms with Crippen molar-refractivity contribution in [3.05, 3.63) is 22.4 Å². The molecule has 1 atom stereocenters. The third kappa shape index (κ3) is 5.18. The van der Waals surface area contributed by atoms with Crippen LogP contribution in [0.1, 0.15) is 30.1 Å². The Balaban J connectivity index is 2.27. The van der Waals surface area contributed by atoms with Gasteiger partial charge < -0.3 is 15.0 Å². The predicted octanol–water partition coefficient (Wildman–Crippen LogP) is 1.28. The summed E-state index contributed by atoms with van der Waals surface area (Å²) in [5, 5.41) is 6.35. The molecule has 7 heteroatoms. The zero-order valence-electron chi connectivity index (χ0n) is 12.4. The van der Waals surface area contributed by atoms with Crippen LogP contribution < -0.4 is 5.32 Å². The minimum atomic E-state index is -0.608. The van der Waals surface area contributed by atoms with E-state index in [1.54, 1.807) is 25.4 Å². The number of nitrogens with zero attached hydrogens (tertiary/aromatic N) is 1. The minimum absolute atomic E-state index is 0.139. The topological polar surface area (TPSA) is 75.7 Å². The third-order valence-corrected chi connectivity index (χ3v) is 3.84. The molecular formula is C14H20N2O4S. The van der Waals surface area contributed by atoms with Gasteiger partial charge in [0.05, 0.1) is 7.11 Å². The highest BCUT2D eigenvalue weighted by Crippen LogP contribution is 2.06. The maximum atomic E-state index is 11.9. The van der Waals surface area contributed by atoms with E-state index in [1.807, 2.05) is 5.38 Å². The van der Waals surface area contributed by atoms with Gasteiger partial charge in [-0.15, -0.1) is 0 Å². The van der Waals surface area contributed by atoms with Crippen molar-refractivity contribution in [2.45, 2.75) is 25.8 Å². The molecule has 0 saturated carbocycles. The van der Waals surface area contributed by atoms with E-state index in [0.29, 0.717) is 18.5 Å². The van der Waals surface area contributed by atoms with Gasteiger partial charge in [0, 0.05) is 31.0 Å². The number of thiophene rings is 1. The van der Waals surface area contributed by atoms with Crippen LogP contribution in [-0.2, 0) is 14.3 Å². The zero-order valence-corrected chi connectivity index (χ0v) is 13.2. The van der Waals surface area contributed by atoms with Gasteiger partial charge in [0.25, 0.3) is 5.91 Å². The number of carbonyl (C=O) groups is 3. The summed E-state index contributed by atoms with van der Waals surface area (Å²) in [6.45, 7) is 2.03. The lowest BCUT2D eigenvalue weighted by atomic mass is 10.2. The molecule has 21 heavy (non-hydrogen) atoms. The molecule has 0 spiro atoms. The molecule has 1 aromatic rings. The Labute approximate surface area is 128 Å². The molecule has 0 aliphatic heterocycles. The molecule has 1 heterocycles. The fourth-order valence-corrected chi connectivity index (χ4v) is 2.29. The van der Waals surface area contributed by atoms with Crippen LogP contribution in [0, 0.1) is 0 Å². The second-order valence-corrected chi connectivity index (χ2v) is 5.36. The number of esters is 1. The molecule has 0 saturated heterocycles. The molecule has 1 rings (SSSR count). The predicted molar refractivity (Wildman–Crippen MR) is 80.1 cm³/mol. The smallest absolute Gasteiger partial charge is 0.328 e. The van der Waals surface area contributed by atoms with Crippen LogP contribution in [0.4, 0.5) is 0 Å². The van der Waals surface area contributed by atoms with E-state index in [1.165, 1.54) is 23.3 Å². The molecule has 0 bridgehead atoms. The van der Waals surface area contributed by atoms with Crippen LogP contribution in [0.2, 0.25) is 0 Å². The Morgan fingerprint density at radius 1 is 1.43 bits per heavy atom. The molecule has 0 radical (unpaired) electrons. The van der Waals surface area contributed by atoms with Crippen molar-refractivity contribution in [3.63, 3.8) is 0 Å². The van der Waals surface area contributed by atoms with Gasteiger partial charge in [-0.05, 0) is 24.8 Å². The summed E-state index contributed by atoms with van der Waals surface area (Å²) in [6.07, 6.45) is 0.786. The largest absolute Gasteiger partial charge is 0.467 e. The normalized spacial score (nSPS) is 11.6. The van der Waals surface area contributed by atoms with Gasteiger partial charge in [-0.3, -0.25) is 9.59 Å². The average molecular weight is 312 g/mol. The summed E-state index contributed by atoms with van der Waals surface area (Å²) in [4.78, 5) is 36.2. The summed E-state index contributed by atoms with van der Waals surface area (Å²) < 4.78 is 4.59. The van der Waals surface area contributed by atoms with Crippen molar-refractivity contribution in [2.24, 2.45) is 0 Å². The highest BCUT2D eigenvalue weighted by atomic mass is 32.1. The van der Waals surface area contributed by atoms with Crippen molar-refractivity contribution in [3.8, 4) is 0 Å². The highest BCUT2D eigenvalue weighted by molar-refractivity contribution is 7.08. The Kier molecular flexibility index (Phi) is 6.87. The first-order valence-electron chi connectivity index (χ1n) is 6.61. The first-order valence-corrected chi connectivity index (χ1v) is 7.55. The number of amides is 2. The number of rotatable bonds is 7. The van der Waals surface area contributed by atoms with E-state index in [-0.39, 0.29) is 18.2 Å². The maximum absolute atomic E-state index is 11.9. The second kappa shape index (κ2) is 8.41. The van der Waals surface area contributed by atoms with Crippen LogP contribution in [0.15, 0.2) is 16.8 Å². The Bertz CT molecular complexity index is 487. The third-order valence-electron chi connectivity index (χ3n) is 3.15. The number of methoxy groups -OCH3 is 1. The van der Waals surface area contributed by atoms with Crippen molar-refractivity contribution in [2.75, 3.05) is 20.7 Å². The van der Waals surface area contributed by atoms with E-state index in [9.17, 15) is 14.4 Å². The van der Waals surface area contributed by atoms with Crippen molar-refractivity contribution < 1.29 is 19.1 Å². The summed E-state index contributed by atoms with van der Waals surface area (Å²) >= 11 is 1.46. The Morgan fingerprint density at radius 2 is 2.14 bits per heavy atom. The van der Waals surface area contributed by atoms with E-state index >= 15 is 0 Å². The molecule has 1 N–H and O–H groups in total. The lowest BCUT2D eigenvalue weighted by molar-refractivity contribution is -0.151. The molecule has 0 aromatic carbocycles. The zero-order chi connectivity index (χ0) is 15.8. The Morgan fingerprint density at radius 3 is 2.71 bits per heavy atom. The molecule has 0 aliphatic carbocycles. The van der Waals surface area contributed by atoms with Gasteiger partial charge >= 0.3 is 5.97 Å². The molecule has 0 fully saturated rings. The Hall–Kier alpha value is -1.89. The average Bonchev–Trinajstić information content (AvgIpc) is 3.03. The van der Waals surface area contributed by atoms with Crippen LogP contribution in [0.5, 0.6) is 0 Å². The number of likely N-dealkylation sites (N-methyl/N-ethyl adjacent to an activating group) is 1. The van der Waals surface area contributed by atoms with Crippen molar-refractivity contribution in [1.82, 2.24) is 10.2 Å². The van der Waals surface area contributed by atoms with Crippen LogP contribution >= 0.6 is 11.3 Å². The van der Waals surface area contributed by atoms with Crippen LogP contribution in [-0.4, -0.2) is 49.4 Å². The van der Waals surface area contributed by atoms with Gasteiger partial charge in [-0.25, -0.2) is 4.79 Å². The number of hydrogen-bond acceptors (Lipinski definition) is 5. The summed E-state index contributed by atoms with van der Waals surface area (Å²) in [6, 6.07) is 1.14. The lowest BCUT2D eigenvalue weighted by Crippen LogP contribution is -2.41. The summed E-state index contributed by atoms with van der Waals surface area (Å²) in [5.74, 6) is -0.741. The lowest BCUT2D eigenvalue weighted by Gasteiger charge is -2.22. The standard InChI is InChI=1S/C14H20N2O4S/c1-10(14(19)20-3)16(2)12(17)5-4-7-15-13(18)11-6-8-21-9-11/h6,8-10H,4-5,7H2,1-3H3,(H,15,18)/t10-/m0/s1. The van der Waals surface area contributed by atoms with Gasteiger partial charge in [0.15, 0.2) is 0 Å². The molecule has 0 aliphatic rings. The van der Waals surface area contributed by atoms with Crippen LogP contribution in [0.25, 0.3) is 0 Å². The van der Waals surface area contributed by atoms with E-state index < -0.39 is 12.0 Å². The quantitative estimate of drug-likeness (QED) is 0.608. The first kappa shape index (κ1) is 17.2. The van der Waals surface area contributed by atoms with E-state index in [4.69, 9.17) is 0 Å². The summed E-state index contributed by atoms with van der Waals surface area (Å²) in [5.41, 5.74) is 0.628. The number of ether oxygens (including phenoxy) is 1. The van der Waals surface area contributed by atoms with Crippen molar-refractivity contribution in [1.29, 1.82) is 0 Å². The number of hydrogen-bond donors (Lipinski definition) is 1. The monoisotopic (exact) mass is 312 g/mol. The SMILES string of the molecule is COC(=O)[C@H](C)N(C)C(=O)CCCNC(=O)c1ccsc1. The number of nitrogens with one attached hydrogen (secondary N) is 1. The second-order valence-electron chi connectivity index (χ2n) is 4.58.